The van der Waals surface area contributed by atoms with Crippen LogP contribution in [0.15, 0.2) is 54.3 Å². The molecular weight excluding hydrogens is 486 g/mol. The lowest BCUT2D eigenvalue weighted by atomic mass is 9.50. The number of piperidine rings is 1. The van der Waals surface area contributed by atoms with E-state index in [-0.39, 0.29) is 24.6 Å². The number of esters is 2. The minimum atomic E-state index is -1.24. The summed E-state index contributed by atoms with van der Waals surface area (Å²) >= 11 is 0. The number of carbonyl (C=O) groups excluding carboxylic acids is 3. The van der Waals surface area contributed by atoms with Gasteiger partial charge in [-0.15, -0.1) is 0 Å². The summed E-state index contributed by atoms with van der Waals surface area (Å²) in [5.74, 6) is -0.485. The SMILES string of the molecule is CCCC(=O)O[C@H](C(=O)OC1=CC[C@@]2(O)[C@H]3Cc4ccc(C=O)c5c4[C@@]2(CCN3C)[C@H]1O5)c1ccccc1. The zero-order valence-corrected chi connectivity index (χ0v) is 21.5. The Morgan fingerprint density at radius 2 is 2.03 bits per heavy atom. The standard InChI is InChI=1S/C30H31NO7/c1-3-7-23(33)37-26(18-8-5-4-6-9-18)28(34)36-21-12-13-30(35)22-16-19-10-11-20(17-32)25-24(19)29(30,27(21)38-25)14-15-31(22)2/h4-6,8-12,17,22,26-27,35H,3,7,13-16H2,1-2H3/t22-,26+,27+,29+,30-/m1/s1. The maximum Gasteiger partial charge on any atom is 0.357 e. The molecule has 2 aliphatic heterocycles. The monoisotopic (exact) mass is 517 g/mol. The van der Waals surface area contributed by atoms with Crippen molar-refractivity contribution in [3.63, 3.8) is 0 Å². The lowest BCUT2D eigenvalue weighted by molar-refractivity contribution is -0.176. The van der Waals surface area contributed by atoms with Gasteiger partial charge in [0.15, 0.2) is 12.4 Å². The van der Waals surface area contributed by atoms with Gasteiger partial charge in [-0.2, -0.15) is 0 Å². The second-order valence-electron chi connectivity index (χ2n) is 10.7. The first-order chi connectivity index (χ1) is 18.3. The average molecular weight is 518 g/mol. The van der Waals surface area contributed by atoms with Crippen molar-refractivity contribution in [3.05, 3.63) is 76.6 Å². The molecule has 5 atom stereocenters. The molecule has 6 rings (SSSR count). The van der Waals surface area contributed by atoms with Crippen molar-refractivity contribution in [1.82, 2.24) is 4.90 Å². The zero-order valence-electron chi connectivity index (χ0n) is 21.5. The van der Waals surface area contributed by atoms with Crippen LogP contribution in [0.3, 0.4) is 0 Å². The molecular formula is C30H31NO7. The van der Waals surface area contributed by atoms with Crippen molar-refractivity contribution < 1.29 is 33.7 Å². The minimum absolute atomic E-state index is 0.150. The summed E-state index contributed by atoms with van der Waals surface area (Å²) < 4.78 is 18.0. The molecule has 0 unspecified atom stereocenters. The number of aliphatic hydroxyl groups is 1. The van der Waals surface area contributed by atoms with Crippen molar-refractivity contribution in [2.45, 2.75) is 68.3 Å². The molecule has 0 aromatic heterocycles. The summed E-state index contributed by atoms with van der Waals surface area (Å²) in [6.45, 7) is 2.58. The van der Waals surface area contributed by atoms with E-state index in [1.54, 1.807) is 36.4 Å². The van der Waals surface area contributed by atoms with Crippen molar-refractivity contribution in [1.29, 1.82) is 0 Å². The average Bonchev–Trinajstić information content (AvgIpc) is 3.27. The fourth-order valence-corrected chi connectivity index (χ4v) is 7.01. The molecule has 198 valence electrons. The van der Waals surface area contributed by atoms with Gasteiger partial charge in [-0.3, -0.25) is 9.59 Å². The van der Waals surface area contributed by atoms with Gasteiger partial charge in [0.25, 0.3) is 0 Å². The number of aldehydes is 1. The van der Waals surface area contributed by atoms with Gasteiger partial charge in [-0.25, -0.2) is 4.79 Å². The van der Waals surface area contributed by atoms with Crippen molar-refractivity contribution >= 4 is 18.2 Å². The highest BCUT2D eigenvalue weighted by atomic mass is 16.6. The number of hydrogen-bond donors (Lipinski definition) is 1. The molecule has 8 nitrogen and oxygen atoms in total. The molecule has 2 aromatic rings. The Balaban J connectivity index is 1.40. The van der Waals surface area contributed by atoms with Crippen LogP contribution in [0.4, 0.5) is 0 Å². The van der Waals surface area contributed by atoms with E-state index in [0.29, 0.717) is 36.1 Å². The molecule has 4 aliphatic rings. The van der Waals surface area contributed by atoms with Gasteiger partial charge in [0.2, 0.25) is 6.10 Å². The lowest BCUT2D eigenvalue weighted by Gasteiger charge is -2.61. The Morgan fingerprint density at radius 3 is 2.76 bits per heavy atom. The first-order valence-corrected chi connectivity index (χ1v) is 13.2. The highest BCUT2D eigenvalue weighted by Crippen LogP contribution is 2.64. The highest BCUT2D eigenvalue weighted by molar-refractivity contribution is 5.84. The van der Waals surface area contributed by atoms with Crippen molar-refractivity contribution in [2.24, 2.45) is 0 Å². The number of rotatable bonds is 7. The number of likely N-dealkylation sites (tertiary alicyclic amines) is 1. The van der Waals surface area contributed by atoms with Gasteiger partial charge in [-0.1, -0.05) is 43.3 Å². The lowest BCUT2D eigenvalue weighted by Crippen LogP contribution is -2.74. The second-order valence-corrected chi connectivity index (χ2v) is 10.7. The number of likely N-dealkylation sites (N-methyl/N-ethyl adjacent to an activating group) is 1. The van der Waals surface area contributed by atoms with Crippen LogP contribution in [0, 0.1) is 0 Å². The van der Waals surface area contributed by atoms with E-state index in [1.165, 1.54) is 0 Å². The van der Waals surface area contributed by atoms with E-state index in [2.05, 4.69) is 4.90 Å². The largest absolute Gasteiger partial charge is 0.480 e. The van der Waals surface area contributed by atoms with E-state index in [4.69, 9.17) is 14.2 Å². The quantitative estimate of drug-likeness (QED) is 0.441. The van der Waals surface area contributed by atoms with Crippen LogP contribution in [0.2, 0.25) is 0 Å². The Kier molecular flexibility index (Phi) is 5.92. The number of hydrogen-bond acceptors (Lipinski definition) is 8. The number of nitrogens with zero attached hydrogens (tertiary/aromatic N) is 1. The second kappa shape index (κ2) is 9.06. The summed E-state index contributed by atoms with van der Waals surface area (Å²) in [6.07, 6.45) is 2.70. The third-order valence-electron chi connectivity index (χ3n) is 8.77. The van der Waals surface area contributed by atoms with Gasteiger partial charge in [0.1, 0.15) is 11.5 Å². The highest BCUT2D eigenvalue weighted by Gasteiger charge is 2.72. The molecule has 1 N–H and O–H groups in total. The third-order valence-corrected chi connectivity index (χ3v) is 8.77. The molecule has 8 heteroatoms. The maximum absolute atomic E-state index is 13.6. The molecule has 0 amide bonds. The van der Waals surface area contributed by atoms with E-state index in [0.717, 1.165) is 24.0 Å². The summed E-state index contributed by atoms with van der Waals surface area (Å²) in [5, 5.41) is 12.3. The Morgan fingerprint density at radius 1 is 1.24 bits per heavy atom. The topological polar surface area (TPSA) is 102 Å². The molecule has 0 saturated carbocycles. The normalized spacial score (nSPS) is 29.4. The molecule has 2 aromatic carbocycles. The van der Waals surface area contributed by atoms with Gasteiger partial charge >= 0.3 is 11.9 Å². The number of benzene rings is 2. The summed E-state index contributed by atoms with van der Waals surface area (Å²) in [5.41, 5.74) is 0.789. The number of carbonyl (C=O) groups is 3. The van der Waals surface area contributed by atoms with Gasteiger partial charge in [0, 0.05) is 30.0 Å². The summed E-state index contributed by atoms with van der Waals surface area (Å²) in [4.78, 5) is 40.1. The third kappa shape index (κ3) is 3.39. The van der Waals surface area contributed by atoms with E-state index >= 15 is 0 Å². The number of ether oxygens (including phenoxy) is 3. The molecule has 1 saturated heterocycles. The van der Waals surface area contributed by atoms with Crippen LogP contribution >= 0.6 is 0 Å². The Labute approximate surface area is 221 Å². The molecule has 38 heavy (non-hydrogen) atoms. The van der Waals surface area contributed by atoms with E-state index in [9.17, 15) is 19.5 Å². The molecule has 0 radical (unpaired) electrons. The maximum atomic E-state index is 13.6. The first-order valence-electron chi connectivity index (χ1n) is 13.2. The van der Waals surface area contributed by atoms with Gasteiger partial charge < -0.3 is 24.2 Å². The van der Waals surface area contributed by atoms with E-state index < -0.39 is 35.2 Å². The fraction of sp³-hybridized carbons (Fsp3) is 0.433. The first kappa shape index (κ1) is 24.8. The van der Waals surface area contributed by atoms with E-state index in [1.807, 2.05) is 26.1 Å². The predicted octanol–water partition coefficient (Wildman–Crippen LogP) is 3.40. The van der Waals surface area contributed by atoms with Gasteiger partial charge in [0.05, 0.1) is 16.6 Å². The van der Waals surface area contributed by atoms with Crippen LogP contribution < -0.4 is 4.74 Å². The van der Waals surface area contributed by atoms with Crippen LogP contribution in [0.5, 0.6) is 5.75 Å². The van der Waals surface area contributed by atoms with Crippen molar-refractivity contribution in [3.8, 4) is 5.75 Å². The smallest absolute Gasteiger partial charge is 0.357 e. The molecule has 1 spiro atoms. The van der Waals surface area contributed by atoms with Crippen LogP contribution in [-0.4, -0.2) is 59.6 Å². The molecule has 1 fully saturated rings. The van der Waals surface area contributed by atoms with Crippen molar-refractivity contribution in [2.75, 3.05) is 13.6 Å². The summed E-state index contributed by atoms with van der Waals surface area (Å²) in [6, 6.07) is 12.3. The van der Waals surface area contributed by atoms with Gasteiger partial charge in [-0.05, 0) is 50.6 Å². The Hall–Kier alpha value is -3.49. The van der Waals surface area contributed by atoms with Crippen LogP contribution in [0.25, 0.3) is 0 Å². The van der Waals surface area contributed by atoms with Crippen LogP contribution in [-0.2, 0) is 30.9 Å². The fourth-order valence-electron chi connectivity index (χ4n) is 7.01. The molecule has 2 aliphatic carbocycles. The van der Waals surface area contributed by atoms with Crippen LogP contribution in [0.1, 0.15) is 65.8 Å². The Bertz CT molecular complexity index is 1340. The summed E-state index contributed by atoms with van der Waals surface area (Å²) in [7, 11) is 2.01. The molecule has 2 heterocycles. The zero-order chi connectivity index (χ0) is 26.7. The molecule has 2 bridgehead atoms. The minimum Gasteiger partial charge on any atom is -0.480 e. The predicted molar refractivity (Wildman–Crippen MR) is 137 cm³/mol.